The number of H-pyrrole nitrogens is 1. The maximum atomic E-state index is 13.3. The second kappa shape index (κ2) is 8.81. The van der Waals surface area contributed by atoms with Crippen LogP contribution in [-0.4, -0.2) is 36.0 Å². The van der Waals surface area contributed by atoms with Gasteiger partial charge >= 0.3 is 0 Å². The van der Waals surface area contributed by atoms with Gasteiger partial charge in [0.15, 0.2) is 0 Å². The van der Waals surface area contributed by atoms with E-state index in [1.807, 2.05) is 4.72 Å². The van der Waals surface area contributed by atoms with E-state index >= 15 is 0 Å². The summed E-state index contributed by atoms with van der Waals surface area (Å²) in [4.78, 5) is 40.2. The third kappa shape index (κ3) is 4.59. The summed E-state index contributed by atoms with van der Waals surface area (Å²) in [7, 11) is -3.92. The molecule has 2 aromatic heterocycles. The zero-order valence-corrected chi connectivity index (χ0v) is 19.4. The largest absolute Gasteiger partial charge is 0.366 e. The number of benzene rings is 2. The maximum Gasteiger partial charge on any atom is 0.282 e. The fourth-order valence-corrected chi connectivity index (χ4v) is 4.45. The van der Waals surface area contributed by atoms with E-state index < -0.39 is 27.4 Å². The number of pyridine rings is 1. The van der Waals surface area contributed by atoms with Crippen LogP contribution >= 0.6 is 11.6 Å². The van der Waals surface area contributed by atoms with Crippen molar-refractivity contribution in [2.75, 3.05) is 6.26 Å². The standard InChI is InChI=1S/C23H19ClN4O5S/c1-34(32,33)27-23(31)20-19(16-6-3-9-26-22(16)30)17-11-15(24)7-8-18(17)28(20)12-13-4-2-5-14(10-13)21(25)29/h2-11H,12H2,1H3,(H2,25,29)(H,26,30)(H,27,31). The van der Waals surface area contributed by atoms with E-state index in [9.17, 15) is 22.8 Å². The number of carbonyl (C=O) groups is 2. The predicted molar refractivity (Wildman–Crippen MR) is 129 cm³/mol. The Morgan fingerprint density at radius 2 is 1.88 bits per heavy atom. The minimum Gasteiger partial charge on any atom is -0.366 e. The number of amides is 2. The lowest BCUT2D eigenvalue weighted by Crippen LogP contribution is -2.32. The summed E-state index contributed by atoms with van der Waals surface area (Å²) in [6, 6.07) is 14.6. The smallest absolute Gasteiger partial charge is 0.282 e. The third-order valence-electron chi connectivity index (χ3n) is 5.16. The van der Waals surface area contributed by atoms with Gasteiger partial charge in [-0.1, -0.05) is 23.7 Å². The van der Waals surface area contributed by atoms with Crippen molar-refractivity contribution in [2.45, 2.75) is 6.54 Å². The highest BCUT2D eigenvalue weighted by Crippen LogP contribution is 2.36. The molecule has 0 aliphatic rings. The lowest BCUT2D eigenvalue weighted by molar-refractivity contribution is 0.0971. The van der Waals surface area contributed by atoms with E-state index in [0.29, 0.717) is 21.5 Å². The first-order chi connectivity index (χ1) is 16.0. The number of nitrogens with one attached hydrogen (secondary N) is 2. The maximum absolute atomic E-state index is 13.3. The second-order valence-corrected chi connectivity index (χ2v) is 9.84. The Balaban J connectivity index is 2.06. The van der Waals surface area contributed by atoms with E-state index in [1.54, 1.807) is 53.1 Å². The number of hydrogen-bond acceptors (Lipinski definition) is 5. The normalized spacial score (nSPS) is 11.5. The average molecular weight is 499 g/mol. The molecule has 2 aromatic carbocycles. The van der Waals surface area contributed by atoms with Crippen LogP contribution in [0.5, 0.6) is 0 Å². The summed E-state index contributed by atoms with van der Waals surface area (Å²) in [5.74, 6) is -1.53. The molecule has 0 atom stereocenters. The van der Waals surface area contributed by atoms with Crippen molar-refractivity contribution in [1.29, 1.82) is 0 Å². The summed E-state index contributed by atoms with van der Waals surface area (Å²) in [6.07, 6.45) is 2.31. The molecule has 11 heteroatoms. The first-order valence-corrected chi connectivity index (χ1v) is 12.2. The van der Waals surface area contributed by atoms with Crippen LogP contribution in [0.3, 0.4) is 0 Å². The average Bonchev–Trinajstić information content (AvgIpc) is 3.06. The number of nitrogens with zero attached hydrogens (tertiary/aromatic N) is 1. The zero-order valence-electron chi connectivity index (χ0n) is 17.8. The van der Waals surface area contributed by atoms with Crippen LogP contribution < -0.4 is 16.0 Å². The van der Waals surface area contributed by atoms with Crippen LogP contribution in [-0.2, 0) is 16.6 Å². The van der Waals surface area contributed by atoms with Crippen LogP contribution in [0.25, 0.3) is 22.0 Å². The molecule has 2 amide bonds. The van der Waals surface area contributed by atoms with Gasteiger partial charge in [0.05, 0.1) is 6.26 Å². The molecule has 0 unspecified atom stereocenters. The number of aromatic amines is 1. The van der Waals surface area contributed by atoms with Crippen molar-refractivity contribution in [2.24, 2.45) is 5.73 Å². The van der Waals surface area contributed by atoms with Crippen molar-refractivity contribution in [3.8, 4) is 11.1 Å². The van der Waals surface area contributed by atoms with Gasteiger partial charge in [0.2, 0.25) is 15.9 Å². The van der Waals surface area contributed by atoms with Gasteiger partial charge in [-0.3, -0.25) is 14.4 Å². The van der Waals surface area contributed by atoms with Crippen LogP contribution in [0.2, 0.25) is 5.02 Å². The number of nitrogens with two attached hydrogens (primary N) is 1. The second-order valence-electron chi connectivity index (χ2n) is 7.65. The molecule has 0 spiro atoms. The molecule has 2 heterocycles. The van der Waals surface area contributed by atoms with Gasteiger partial charge in [-0.05, 0) is 48.0 Å². The number of hydrogen-bond donors (Lipinski definition) is 3. The molecule has 0 fully saturated rings. The minimum atomic E-state index is -3.92. The SMILES string of the molecule is CS(=O)(=O)NC(=O)c1c(-c2ccc[nH]c2=O)c2cc(Cl)ccc2n1Cc1cccc(C(N)=O)c1. The van der Waals surface area contributed by atoms with Crippen molar-refractivity contribution in [3.05, 3.63) is 93.0 Å². The van der Waals surface area contributed by atoms with Crippen LogP contribution in [0.15, 0.2) is 65.6 Å². The molecule has 4 aromatic rings. The molecule has 34 heavy (non-hydrogen) atoms. The topological polar surface area (TPSA) is 144 Å². The molecule has 9 nitrogen and oxygen atoms in total. The first-order valence-electron chi connectivity index (χ1n) is 9.96. The highest BCUT2D eigenvalue weighted by atomic mass is 35.5. The summed E-state index contributed by atoms with van der Waals surface area (Å²) < 4.78 is 27.4. The Morgan fingerprint density at radius 1 is 1.12 bits per heavy atom. The van der Waals surface area contributed by atoms with E-state index in [1.165, 1.54) is 12.3 Å². The Kier molecular flexibility index (Phi) is 6.03. The molecule has 0 aliphatic carbocycles. The van der Waals surface area contributed by atoms with Crippen molar-refractivity contribution in [1.82, 2.24) is 14.3 Å². The number of aromatic nitrogens is 2. The van der Waals surface area contributed by atoms with Gasteiger partial charge in [-0.15, -0.1) is 0 Å². The van der Waals surface area contributed by atoms with Gasteiger partial charge in [-0.2, -0.15) is 0 Å². The molecule has 0 bridgehead atoms. The molecule has 0 radical (unpaired) electrons. The van der Waals surface area contributed by atoms with E-state index in [0.717, 1.165) is 6.26 Å². The van der Waals surface area contributed by atoms with Gasteiger partial charge in [-0.25, -0.2) is 13.1 Å². The molecule has 0 saturated heterocycles. The number of halogens is 1. The number of fused-ring (bicyclic) bond motifs is 1. The van der Waals surface area contributed by atoms with Crippen LogP contribution in [0.1, 0.15) is 26.4 Å². The summed E-state index contributed by atoms with van der Waals surface area (Å²) in [5, 5.41) is 0.845. The molecule has 4 rings (SSSR count). The van der Waals surface area contributed by atoms with Gasteiger partial charge in [0.25, 0.3) is 11.5 Å². The molecular formula is C23H19ClN4O5S. The third-order valence-corrected chi connectivity index (χ3v) is 5.95. The first kappa shape index (κ1) is 23.3. The number of rotatable bonds is 6. The monoisotopic (exact) mass is 498 g/mol. The van der Waals surface area contributed by atoms with E-state index in [4.69, 9.17) is 17.3 Å². The Bertz CT molecular complexity index is 1620. The molecule has 4 N–H and O–H groups in total. The summed E-state index contributed by atoms with van der Waals surface area (Å²) in [5.41, 5.74) is 6.71. The molecule has 0 aliphatic heterocycles. The Hall–Kier alpha value is -3.89. The van der Waals surface area contributed by atoms with Gasteiger partial charge in [0, 0.05) is 45.4 Å². The summed E-state index contributed by atoms with van der Waals surface area (Å²) in [6.45, 7) is 0.0799. The predicted octanol–water partition coefficient (Wildman–Crippen LogP) is 2.49. The Morgan fingerprint density at radius 3 is 2.56 bits per heavy atom. The number of sulfonamides is 1. The van der Waals surface area contributed by atoms with Crippen LogP contribution in [0, 0.1) is 0 Å². The zero-order chi connectivity index (χ0) is 24.6. The van der Waals surface area contributed by atoms with E-state index in [-0.39, 0.29) is 28.9 Å². The quantitative estimate of drug-likeness (QED) is 0.374. The van der Waals surface area contributed by atoms with Crippen molar-refractivity contribution >= 4 is 44.3 Å². The fourth-order valence-electron chi connectivity index (χ4n) is 3.84. The molecule has 174 valence electrons. The highest BCUT2D eigenvalue weighted by molar-refractivity contribution is 7.89. The fraction of sp³-hybridized carbons (Fsp3) is 0.0870. The molecule has 0 saturated carbocycles. The van der Waals surface area contributed by atoms with Gasteiger partial charge in [0.1, 0.15) is 5.69 Å². The summed E-state index contributed by atoms with van der Waals surface area (Å²) >= 11 is 6.24. The van der Waals surface area contributed by atoms with E-state index in [2.05, 4.69) is 4.98 Å². The molecular weight excluding hydrogens is 480 g/mol. The van der Waals surface area contributed by atoms with Crippen molar-refractivity contribution < 1.29 is 18.0 Å². The van der Waals surface area contributed by atoms with Gasteiger partial charge < -0.3 is 15.3 Å². The number of carbonyl (C=O) groups excluding carboxylic acids is 2. The minimum absolute atomic E-state index is 0.0520. The lowest BCUT2D eigenvalue weighted by Gasteiger charge is -2.13. The van der Waals surface area contributed by atoms with Crippen LogP contribution in [0.4, 0.5) is 0 Å². The lowest BCUT2D eigenvalue weighted by atomic mass is 10.0. The highest BCUT2D eigenvalue weighted by Gasteiger charge is 2.27. The number of primary amides is 1. The van der Waals surface area contributed by atoms with Crippen molar-refractivity contribution in [3.63, 3.8) is 0 Å². The Labute approximate surface area is 199 Å².